The molecule has 0 aliphatic rings. The van der Waals surface area contributed by atoms with Crippen LogP contribution in [0.5, 0.6) is 0 Å². The highest BCUT2D eigenvalue weighted by atomic mass is 16.1. The lowest BCUT2D eigenvalue weighted by Gasteiger charge is -2.05. The molecule has 2 heterocycles. The molecule has 0 radical (unpaired) electrons. The van der Waals surface area contributed by atoms with Crippen molar-refractivity contribution in [2.45, 2.75) is 26.2 Å². The molecule has 5 nitrogen and oxygen atoms in total. The molecule has 0 atom stereocenters. The Balaban J connectivity index is 1.65. The van der Waals surface area contributed by atoms with Crippen LogP contribution in [0.2, 0.25) is 0 Å². The summed E-state index contributed by atoms with van der Waals surface area (Å²) < 4.78 is 0. The summed E-state index contributed by atoms with van der Waals surface area (Å²) >= 11 is 0. The monoisotopic (exact) mass is 344 g/mol. The summed E-state index contributed by atoms with van der Waals surface area (Å²) in [5.74, 6) is 0.856. The van der Waals surface area contributed by atoms with Gasteiger partial charge in [0.25, 0.3) is 5.56 Å². The lowest BCUT2D eigenvalue weighted by Crippen LogP contribution is -2.12. The number of nitrogens with one attached hydrogen (secondary N) is 2. The first-order chi connectivity index (χ1) is 12.6. The molecule has 26 heavy (non-hydrogen) atoms. The molecule has 4 rings (SSSR count). The summed E-state index contributed by atoms with van der Waals surface area (Å²) in [7, 11) is 0. The number of aromatic nitrogens is 4. The van der Waals surface area contributed by atoms with Crippen LogP contribution in [0.15, 0.2) is 59.4 Å². The molecule has 0 bridgehead atoms. The Morgan fingerprint density at radius 2 is 1.65 bits per heavy atom. The SMILES string of the molecule is CC(C)c1n[nH]c2c(=O)[nH]c(Cc3ccc(-c4ccccc4)cc3)nc12. The number of nitrogens with zero attached hydrogens (tertiary/aromatic N) is 2. The quantitative estimate of drug-likeness (QED) is 0.587. The molecule has 0 aliphatic heterocycles. The van der Waals surface area contributed by atoms with Crippen LogP contribution in [-0.4, -0.2) is 20.2 Å². The van der Waals surface area contributed by atoms with Crippen molar-refractivity contribution < 1.29 is 0 Å². The minimum atomic E-state index is -0.176. The van der Waals surface area contributed by atoms with Crippen molar-refractivity contribution >= 4 is 11.0 Å². The number of H-pyrrole nitrogens is 2. The average Bonchev–Trinajstić information content (AvgIpc) is 3.08. The van der Waals surface area contributed by atoms with Crippen LogP contribution in [0.25, 0.3) is 22.2 Å². The van der Waals surface area contributed by atoms with Crippen LogP contribution in [0, 0.1) is 0 Å². The zero-order chi connectivity index (χ0) is 18.1. The number of aromatic amines is 2. The van der Waals surface area contributed by atoms with Crippen molar-refractivity contribution in [2.75, 3.05) is 0 Å². The number of hydrogen-bond donors (Lipinski definition) is 2. The summed E-state index contributed by atoms with van der Waals surface area (Å²) in [6, 6.07) is 18.6. The molecule has 2 aromatic carbocycles. The fraction of sp³-hybridized carbons (Fsp3) is 0.190. The molecule has 5 heteroatoms. The molecule has 2 aromatic heterocycles. The first-order valence-electron chi connectivity index (χ1n) is 8.73. The van der Waals surface area contributed by atoms with Gasteiger partial charge in [-0.05, 0) is 22.6 Å². The van der Waals surface area contributed by atoms with Gasteiger partial charge in [-0.3, -0.25) is 9.89 Å². The number of rotatable bonds is 4. The predicted octanol–water partition coefficient (Wildman–Crippen LogP) is 4.03. The van der Waals surface area contributed by atoms with Crippen LogP contribution in [0.4, 0.5) is 0 Å². The normalized spacial score (nSPS) is 11.3. The Kier molecular flexibility index (Phi) is 4.13. The van der Waals surface area contributed by atoms with Gasteiger partial charge in [0.05, 0.1) is 5.69 Å². The van der Waals surface area contributed by atoms with Gasteiger partial charge >= 0.3 is 0 Å². The molecule has 0 fully saturated rings. The molecule has 0 unspecified atom stereocenters. The molecule has 2 N–H and O–H groups in total. The fourth-order valence-electron chi connectivity index (χ4n) is 3.10. The van der Waals surface area contributed by atoms with Crippen molar-refractivity contribution in [2.24, 2.45) is 0 Å². The second-order valence-electron chi connectivity index (χ2n) is 6.74. The molecule has 0 amide bonds. The Morgan fingerprint density at radius 3 is 2.35 bits per heavy atom. The number of benzene rings is 2. The van der Waals surface area contributed by atoms with Crippen LogP contribution in [-0.2, 0) is 6.42 Å². The first kappa shape index (κ1) is 16.3. The van der Waals surface area contributed by atoms with E-state index >= 15 is 0 Å². The van der Waals surface area contributed by atoms with Gasteiger partial charge in [0.2, 0.25) is 0 Å². The maximum Gasteiger partial charge on any atom is 0.276 e. The Hall–Kier alpha value is -3.21. The van der Waals surface area contributed by atoms with E-state index in [1.165, 1.54) is 11.1 Å². The van der Waals surface area contributed by atoms with Crippen molar-refractivity contribution in [3.63, 3.8) is 0 Å². The van der Waals surface area contributed by atoms with E-state index in [9.17, 15) is 4.79 Å². The first-order valence-corrected chi connectivity index (χ1v) is 8.73. The van der Waals surface area contributed by atoms with Gasteiger partial charge in [0.15, 0.2) is 0 Å². The van der Waals surface area contributed by atoms with E-state index in [0.717, 1.165) is 11.3 Å². The van der Waals surface area contributed by atoms with Crippen molar-refractivity contribution in [3.05, 3.63) is 82.0 Å². The van der Waals surface area contributed by atoms with Gasteiger partial charge in [0, 0.05) is 6.42 Å². The summed E-state index contributed by atoms with van der Waals surface area (Å²) in [6.07, 6.45) is 0.572. The third-order valence-electron chi connectivity index (χ3n) is 4.48. The summed E-state index contributed by atoms with van der Waals surface area (Å²) in [5.41, 5.74) is 5.21. The van der Waals surface area contributed by atoms with Gasteiger partial charge in [0.1, 0.15) is 16.9 Å². The topological polar surface area (TPSA) is 74.4 Å². The highest BCUT2D eigenvalue weighted by Crippen LogP contribution is 2.21. The minimum Gasteiger partial charge on any atom is -0.308 e. The van der Waals surface area contributed by atoms with Gasteiger partial charge in [-0.15, -0.1) is 0 Å². The predicted molar refractivity (Wildman–Crippen MR) is 103 cm³/mol. The second kappa shape index (κ2) is 6.59. The molecular formula is C21H20N4O. The standard InChI is InChI=1S/C21H20N4O/c1-13(2)18-19-20(25-24-18)21(26)23-17(22-19)12-14-8-10-16(11-9-14)15-6-4-3-5-7-15/h3-11,13H,12H2,1-2H3,(H,24,25)(H,22,23,26). The lowest BCUT2D eigenvalue weighted by molar-refractivity contribution is 0.814. The minimum absolute atomic E-state index is 0.176. The third-order valence-corrected chi connectivity index (χ3v) is 4.48. The van der Waals surface area contributed by atoms with E-state index in [2.05, 4.69) is 56.6 Å². The van der Waals surface area contributed by atoms with E-state index in [1.807, 2.05) is 32.0 Å². The molecule has 0 saturated carbocycles. The van der Waals surface area contributed by atoms with Gasteiger partial charge < -0.3 is 4.98 Å². The Morgan fingerprint density at radius 1 is 0.962 bits per heavy atom. The molecule has 0 aliphatic carbocycles. The van der Waals surface area contributed by atoms with Gasteiger partial charge in [-0.2, -0.15) is 5.10 Å². The van der Waals surface area contributed by atoms with Crippen molar-refractivity contribution in [3.8, 4) is 11.1 Å². The second-order valence-corrected chi connectivity index (χ2v) is 6.74. The highest BCUT2D eigenvalue weighted by molar-refractivity contribution is 5.76. The van der Waals surface area contributed by atoms with E-state index in [4.69, 9.17) is 0 Å². The Bertz CT molecular complexity index is 1090. The van der Waals surface area contributed by atoms with Crippen LogP contribution in [0.1, 0.15) is 36.8 Å². The van der Waals surface area contributed by atoms with Gasteiger partial charge in [-0.1, -0.05) is 68.4 Å². The van der Waals surface area contributed by atoms with Crippen LogP contribution in [0.3, 0.4) is 0 Å². The maximum absolute atomic E-state index is 12.3. The fourth-order valence-corrected chi connectivity index (χ4v) is 3.10. The van der Waals surface area contributed by atoms with E-state index in [-0.39, 0.29) is 11.5 Å². The summed E-state index contributed by atoms with van der Waals surface area (Å²) in [6.45, 7) is 4.08. The largest absolute Gasteiger partial charge is 0.308 e. The van der Waals surface area contributed by atoms with Gasteiger partial charge in [-0.25, -0.2) is 4.98 Å². The number of fused-ring (bicyclic) bond motifs is 1. The average molecular weight is 344 g/mol. The van der Waals surface area contributed by atoms with E-state index in [0.29, 0.717) is 23.3 Å². The molecule has 0 saturated heterocycles. The Labute approximate surface area is 151 Å². The smallest absolute Gasteiger partial charge is 0.276 e. The van der Waals surface area contributed by atoms with Crippen LogP contribution >= 0.6 is 0 Å². The van der Waals surface area contributed by atoms with E-state index in [1.54, 1.807) is 0 Å². The van der Waals surface area contributed by atoms with Crippen molar-refractivity contribution in [1.82, 2.24) is 20.2 Å². The summed E-state index contributed by atoms with van der Waals surface area (Å²) in [4.78, 5) is 19.8. The highest BCUT2D eigenvalue weighted by Gasteiger charge is 2.14. The number of hydrogen-bond acceptors (Lipinski definition) is 3. The van der Waals surface area contributed by atoms with Crippen LogP contribution < -0.4 is 5.56 Å². The zero-order valence-corrected chi connectivity index (χ0v) is 14.8. The molecule has 130 valence electrons. The maximum atomic E-state index is 12.3. The third kappa shape index (κ3) is 3.04. The lowest BCUT2D eigenvalue weighted by atomic mass is 10.0. The van der Waals surface area contributed by atoms with E-state index < -0.39 is 0 Å². The summed E-state index contributed by atoms with van der Waals surface area (Å²) in [5, 5.41) is 7.04. The molecular weight excluding hydrogens is 324 g/mol. The molecule has 0 spiro atoms. The molecule has 4 aromatic rings. The van der Waals surface area contributed by atoms with Crippen molar-refractivity contribution in [1.29, 1.82) is 0 Å². The zero-order valence-electron chi connectivity index (χ0n) is 14.8.